The summed E-state index contributed by atoms with van der Waals surface area (Å²) in [6, 6.07) is 6.84. The topological polar surface area (TPSA) is 84.5 Å². The third-order valence-corrected chi connectivity index (χ3v) is 2.66. The lowest BCUT2D eigenvalue weighted by Crippen LogP contribution is -2.34. The van der Waals surface area contributed by atoms with E-state index < -0.39 is 0 Å². The molecular weight excluding hydrogens is 260 g/mol. The second-order valence-electron chi connectivity index (χ2n) is 4.16. The highest BCUT2D eigenvalue weighted by molar-refractivity contribution is 5.91. The van der Waals surface area contributed by atoms with Crippen molar-refractivity contribution in [3.8, 4) is 0 Å². The zero-order valence-electron chi connectivity index (χ0n) is 10.9. The van der Waals surface area contributed by atoms with Crippen LogP contribution in [0.3, 0.4) is 0 Å². The van der Waals surface area contributed by atoms with Gasteiger partial charge in [0.25, 0.3) is 5.91 Å². The molecule has 0 saturated heterocycles. The molecule has 0 aromatic carbocycles. The minimum Gasteiger partial charge on any atom is -0.469 e. The van der Waals surface area contributed by atoms with Crippen LogP contribution >= 0.6 is 0 Å². The van der Waals surface area contributed by atoms with Crippen LogP contribution in [-0.2, 0) is 11.2 Å². The minimum absolute atomic E-state index is 0.0753. The summed E-state index contributed by atoms with van der Waals surface area (Å²) in [5.41, 5.74) is 0. The van der Waals surface area contributed by atoms with Gasteiger partial charge in [0, 0.05) is 25.9 Å². The molecule has 6 heteroatoms. The van der Waals surface area contributed by atoms with E-state index in [2.05, 4.69) is 10.6 Å². The number of aryl methyl sites for hydroxylation is 1. The van der Waals surface area contributed by atoms with Crippen LogP contribution in [-0.4, -0.2) is 24.9 Å². The lowest BCUT2D eigenvalue weighted by molar-refractivity contribution is -0.121. The van der Waals surface area contributed by atoms with Crippen LogP contribution < -0.4 is 10.6 Å². The first-order chi connectivity index (χ1) is 9.75. The number of carbonyl (C=O) groups excluding carboxylic acids is 2. The summed E-state index contributed by atoms with van der Waals surface area (Å²) < 4.78 is 10.1. The second-order valence-corrected chi connectivity index (χ2v) is 4.16. The van der Waals surface area contributed by atoms with Crippen LogP contribution in [0.1, 0.15) is 22.7 Å². The third kappa shape index (κ3) is 4.31. The molecule has 0 aliphatic carbocycles. The highest BCUT2D eigenvalue weighted by atomic mass is 16.3. The summed E-state index contributed by atoms with van der Waals surface area (Å²) in [5, 5.41) is 5.36. The molecule has 2 N–H and O–H groups in total. The smallest absolute Gasteiger partial charge is 0.287 e. The standard InChI is InChI=1S/C14H16N2O4/c17-13(6-5-11-3-1-9-19-11)15-7-8-16-14(18)12-4-2-10-20-12/h1-4,9-10H,5-8H2,(H,15,17)(H,16,18). The Balaban J connectivity index is 1.56. The molecule has 0 atom stereocenters. The Morgan fingerprint density at radius 2 is 1.75 bits per heavy atom. The van der Waals surface area contributed by atoms with Crippen LogP contribution in [0.25, 0.3) is 0 Å². The van der Waals surface area contributed by atoms with Crippen molar-refractivity contribution >= 4 is 11.8 Å². The van der Waals surface area contributed by atoms with Crippen LogP contribution in [0.15, 0.2) is 45.6 Å². The fourth-order valence-electron chi connectivity index (χ4n) is 1.65. The van der Waals surface area contributed by atoms with Crippen molar-refractivity contribution in [3.63, 3.8) is 0 Å². The van der Waals surface area contributed by atoms with E-state index in [1.807, 2.05) is 6.07 Å². The van der Waals surface area contributed by atoms with Gasteiger partial charge in [-0.15, -0.1) is 0 Å². The maximum absolute atomic E-state index is 11.5. The maximum Gasteiger partial charge on any atom is 0.287 e. The van der Waals surface area contributed by atoms with Crippen LogP contribution in [0.5, 0.6) is 0 Å². The molecule has 2 aromatic rings. The van der Waals surface area contributed by atoms with Crippen molar-refractivity contribution in [2.45, 2.75) is 12.8 Å². The van der Waals surface area contributed by atoms with E-state index >= 15 is 0 Å². The normalized spacial score (nSPS) is 10.2. The molecule has 0 bridgehead atoms. The zero-order chi connectivity index (χ0) is 14.2. The van der Waals surface area contributed by atoms with Gasteiger partial charge in [0.1, 0.15) is 5.76 Å². The summed E-state index contributed by atoms with van der Waals surface area (Å²) in [4.78, 5) is 23.0. The predicted octanol–water partition coefficient (Wildman–Crippen LogP) is 1.35. The molecule has 0 aliphatic rings. The van der Waals surface area contributed by atoms with Crippen molar-refractivity contribution in [2.24, 2.45) is 0 Å². The molecule has 106 valence electrons. The van der Waals surface area contributed by atoms with Gasteiger partial charge in [-0.05, 0) is 24.3 Å². The van der Waals surface area contributed by atoms with Crippen molar-refractivity contribution < 1.29 is 18.4 Å². The third-order valence-electron chi connectivity index (χ3n) is 2.66. The van der Waals surface area contributed by atoms with Gasteiger partial charge < -0.3 is 19.5 Å². The fourth-order valence-corrected chi connectivity index (χ4v) is 1.65. The summed E-state index contributed by atoms with van der Waals surface area (Å²) in [6.45, 7) is 0.732. The molecule has 20 heavy (non-hydrogen) atoms. The van der Waals surface area contributed by atoms with E-state index in [4.69, 9.17) is 8.83 Å². The largest absolute Gasteiger partial charge is 0.469 e. The number of hydrogen-bond acceptors (Lipinski definition) is 4. The van der Waals surface area contributed by atoms with Crippen molar-refractivity contribution in [1.82, 2.24) is 10.6 Å². The SMILES string of the molecule is O=C(CCc1ccco1)NCCNC(=O)c1ccco1. The second kappa shape index (κ2) is 7.18. The number of carbonyl (C=O) groups is 2. The molecule has 2 heterocycles. The lowest BCUT2D eigenvalue weighted by atomic mass is 10.2. The van der Waals surface area contributed by atoms with Gasteiger partial charge in [-0.2, -0.15) is 0 Å². The monoisotopic (exact) mass is 276 g/mol. The average molecular weight is 276 g/mol. The van der Waals surface area contributed by atoms with Crippen LogP contribution in [0, 0.1) is 0 Å². The highest BCUT2D eigenvalue weighted by Crippen LogP contribution is 2.03. The summed E-state index contributed by atoms with van der Waals surface area (Å²) in [7, 11) is 0. The van der Waals surface area contributed by atoms with E-state index in [-0.39, 0.29) is 17.6 Å². The number of amides is 2. The predicted molar refractivity (Wildman–Crippen MR) is 71.1 cm³/mol. The molecule has 2 aromatic heterocycles. The Bertz CT molecular complexity index is 532. The molecule has 0 aliphatic heterocycles. The number of nitrogens with one attached hydrogen (secondary N) is 2. The van der Waals surface area contributed by atoms with Gasteiger partial charge in [0.2, 0.25) is 5.91 Å². The minimum atomic E-state index is -0.292. The van der Waals surface area contributed by atoms with Gasteiger partial charge in [0.15, 0.2) is 5.76 Å². The van der Waals surface area contributed by atoms with E-state index in [9.17, 15) is 9.59 Å². The maximum atomic E-state index is 11.5. The first-order valence-electron chi connectivity index (χ1n) is 6.36. The zero-order valence-corrected chi connectivity index (χ0v) is 10.9. The summed E-state index contributed by atoms with van der Waals surface area (Å²) in [6.07, 6.45) is 3.94. The Hall–Kier alpha value is -2.50. The molecule has 2 rings (SSSR count). The first-order valence-corrected chi connectivity index (χ1v) is 6.36. The molecule has 0 radical (unpaired) electrons. The van der Waals surface area contributed by atoms with Crippen molar-refractivity contribution in [1.29, 1.82) is 0 Å². The number of hydrogen-bond donors (Lipinski definition) is 2. The van der Waals surface area contributed by atoms with Gasteiger partial charge in [-0.1, -0.05) is 0 Å². The molecule has 0 spiro atoms. The molecule has 0 fully saturated rings. The van der Waals surface area contributed by atoms with Gasteiger partial charge in [-0.25, -0.2) is 0 Å². The lowest BCUT2D eigenvalue weighted by Gasteiger charge is -2.05. The fraction of sp³-hybridized carbons (Fsp3) is 0.286. The Kier molecular flexibility index (Phi) is 5.00. The van der Waals surface area contributed by atoms with Gasteiger partial charge >= 0.3 is 0 Å². The van der Waals surface area contributed by atoms with E-state index in [0.29, 0.717) is 25.9 Å². The molecule has 2 amide bonds. The number of rotatable bonds is 7. The van der Waals surface area contributed by atoms with Crippen molar-refractivity contribution in [2.75, 3.05) is 13.1 Å². The average Bonchev–Trinajstić information content (AvgIpc) is 3.13. The molecule has 6 nitrogen and oxygen atoms in total. The van der Waals surface area contributed by atoms with Crippen LogP contribution in [0.2, 0.25) is 0 Å². The first kappa shape index (κ1) is 13.9. The van der Waals surface area contributed by atoms with Gasteiger partial charge in [-0.3, -0.25) is 9.59 Å². The summed E-state index contributed by atoms with van der Waals surface area (Å²) >= 11 is 0. The Morgan fingerprint density at radius 1 is 1.00 bits per heavy atom. The Labute approximate surface area is 116 Å². The molecular formula is C14H16N2O4. The molecule has 0 saturated carbocycles. The quantitative estimate of drug-likeness (QED) is 0.748. The Morgan fingerprint density at radius 3 is 2.45 bits per heavy atom. The van der Waals surface area contributed by atoms with E-state index in [1.165, 1.54) is 6.26 Å². The van der Waals surface area contributed by atoms with Crippen LogP contribution in [0.4, 0.5) is 0 Å². The summed E-state index contributed by atoms with van der Waals surface area (Å²) in [5.74, 6) is 0.675. The van der Waals surface area contributed by atoms with Gasteiger partial charge in [0.05, 0.1) is 12.5 Å². The van der Waals surface area contributed by atoms with Crippen molar-refractivity contribution in [3.05, 3.63) is 48.3 Å². The number of furan rings is 2. The highest BCUT2D eigenvalue weighted by Gasteiger charge is 2.07. The van der Waals surface area contributed by atoms with E-state index in [0.717, 1.165) is 5.76 Å². The van der Waals surface area contributed by atoms with E-state index in [1.54, 1.807) is 24.5 Å². The molecule has 0 unspecified atom stereocenters.